The van der Waals surface area contributed by atoms with E-state index in [0.29, 0.717) is 40.3 Å². The second-order valence-corrected chi connectivity index (χ2v) is 20.7. The minimum absolute atomic E-state index is 0.297. The number of hydrogen-bond donors (Lipinski definition) is 0. The van der Waals surface area contributed by atoms with Crippen LogP contribution in [0.2, 0.25) is 0 Å². The summed E-state index contributed by atoms with van der Waals surface area (Å²) in [6, 6.07) is 15.9. The zero-order valence-corrected chi connectivity index (χ0v) is 40.0. The lowest BCUT2D eigenvalue weighted by Gasteiger charge is -2.21. The summed E-state index contributed by atoms with van der Waals surface area (Å²) in [6.45, 7) is 29.6. The highest BCUT2D eigenvalue weighted by Gasteiger charge is 2.28. The van der Waals surface area contributed by atoms with Gasteiger partial charge >= 0.3 is 16.5 Å². The molecule has 324 valence electrons. The molecule has 60 heavy (non-hydrogen) atoms. The second kappa shape index (κ2) is 17.1. The van der Waals surface area contributed by atoms with Crippen molar-refractivity contribution in [2.75, 3.05) is 28.4 Å². The van der Waals surface area contributed by atoms with E-state index in [-0.39, 0.29) is 28.5 Å². The van der Waals surface area contributed by atoms with E-state index in [1.807, 2.05) is 69.3 Å². The molecule has 0 radical (unpaired) electrons. The minimum Gasteiger partial charge on any atom is -0.497 e. The molecule has 1 unspecified atom stereocenters. The highest BCUT2D eigenvalue weighted by atomic mass is 31.1. The summed E-state index contributed by atoms with van der Waals surface area (Å²) >= 11 is 0. The van der Waals surface area contributed by atoms with Gasteiger partial charge in [0.15, 0.2) is 5.58 Å². The molecule has 12 heteroatoms. The van der Waals surface area contributed by atoms with Crippen LogP contribution in [0.4, 0.5) is 0 Å². The highest BCUT2D eigenvalue weighted by molar-refractivity contribution is 7.32. The number of ether oxygens (including phenoxy) is 4. The van der Waals surface area contributed by atoms with Gasteiger partial charge in [-0.05, 0) is 91.1 Å². The molecule has 4 aromatic carbocycles. The van der Waals surface area contributed by atoms with Crippen LogP contribution < -0.4 is 28.0 Å². The second-order valence-electron chi connectivity index (χ2n) is 18.6. The third-order valence-electron chi connectivity index (χ3n) is 10.5. The maximum Gasteiger partial charge on any atom is 0.387 e. The first kappa shape index (κ1) is 45.1. The molecule has 0 spiro atoms. The van der Waals surface area contributed by atoms with E-state index < -0.39 is 16.5 Å². The molecule has 6 rings (SSSR count). The fourth-order valence-corrected chi connectivity index (χ4v) is 9.72. The predicted molar refractivity (Wildman–Crippen MR) is 246 cm³/mol. The van der Waals surface area contributed by atoms with Crippen molar-refractivity contribution < 1.29 is 44.8 Å². The van der Waals surface area contributed by atoms with Gasteiger partial charge in [0.05, 0.1) is 40.6 Å². The van der Waals surface area contributed by atoms with E-state index in [9.17, 15) is 0 Å². The van der Waals surface area contributed by atoms with Gasteiger partial charge in [-0.15, -0.1) is 0 Å². The molecule has 2 heterocycles. The van der Waals surface area contributed by atoms with Gasteiger partial charge in [-0.3, -0.25) is 9.05 Å². The van der Waals surface area contributed by atoms with Crippen molar-refractivity contribution in [1.82, 2.24) is 0 Å². The summed E-state index contributed by atoms with van der Waals surface area (Å²) in [5, 5.41) is 3.32. The van der Waals surface area contributed by atoms with Gasteiger partial charge in [0, 0.05) is 50.2 Å². The van der Waals surface area contributed by atoms with Gasteiger partial charge in [-0.2, -0.15) is 0 Å². The normalized spacial score (nSPS) is 13.8. The van der Waals surface area contributed by atoms with Crippen molar-refractivity contribution in [3.8, 4) is 23.0 Å². The van der Waals surface area contributed by atoms with Crippen LogP contribution in [0.25, 0.3) is 49.5 Å². The van der Waals surface area contributed by atoms with Gasteiger partial charge in [0.1, 0.15) is 39.7 Å². The van der Waals surface area contributed by atoms with Crippen molar-refractivity contribution in [2.45, 2.75) is 118 Å². The molecular formula is C48H62O10P2. The molecule has 0 fully saturated rings. The van der Waals surface area contributed by atoms with Crippen LogP contribution in [0.3, 0.4) is 0 Å². The van der Waals surface area contributed by atoms with Gasteiger partial charge in [0.2, 0.25) is 0 Å². The summed E-state index contributed by atoms with van der Waals surface area (Å²) in [5.74, 6) is 2.82. The third-order valence-corrected chi connectivity index (χ3v) is 12.9. The Bertz CT molecular complexity index is 2570. The minimum atomic E-state index is -1.97. The number of benzene rings is 4. The van der Waals surface area contributed by atoms with Gasteiger partial charge in [-0.25, -0.2) is 0 Å². The van der Waals surface area contributed by atoms with E-state index in [1.165, 1.54) is 0 Å². The molecule has 0 bridgehead atoms. The lowest BCUT2D eigenvalue weighted by atomic mass is 9.84. The summed E-state index contributed by atoms with van der Waals surface area (Å²) in [4.78, 5) is 0. The number of fused-ring (bicyclic) bond motifs is 6. The summed E-state index contributed by atoms with van der Waals surface area (Å²) in [6.07, 6.45) is -0.260. The van der Waals surface area contributed by atoms with E-state index >= 15 is 0 Å². The Labute approximate surface area is 356 Å². The Balaban J connectivity index is 1.48. The fraction of sp³-hybridized carbons (Fsp3) is 0.458. The van der Waals surface area contributed by atoms with Crippen molar-refractivity contribution in [3.05, 3.63) is 77.4 Å². The number of hydrogen-bond acceptors (Lipinski definition) is 10. The van der Waals surface area contributed by atoms with Gasteiger partial charge < -0.3 is 35.7 Å². The summed E-state index contributed by atoms with van der Waals surface area (Å²) in [7, 11) is 2.75. The van der Waals surface area contributed by atoms with Crippen molar-refractivity contribution in [1.29, 1.82) is 0 Å². The number of allylic oxidation sites excluding steroid dienone is 1. The summed E-state index contributed by atoms with van der Waals surface area (Å²) in [5.41, 5.74) is 6.27. The van der Waals surface area contributed by atoms with Crippen LogP contribution in [0.15, 0.2) is 71.9 Å². The first-order valence-corrected chi connectivity index (χ1v) is 22.5. The zero-order valence-electron chi connectivity index (χ0n) is 38.2. The molecule has 0 saturated heterocycles. The Morgan fingerprint density at radius 3 is 1.07 bits per heavy atom. The molecule has 0 amide bonds. The van der Waals surface area contributed by atoms with Crippen molar-refractivity contribution in [2.24, 2.45) is 0 Å². The smallest absolute Gasteiger partial charge is 0.387 e. The maximum absolute atomic E-state index is 6.86. The van der Waals surface area contributed by atoms with Crippen LogP contribution in [0, 0.1) is 0 Å². The van der Waals surface area contributed by atoms with Crippen LogP contribution in [0.5, 0.6) is 23.0 Å². The Morgan fingerprint density at radius 2 is 0.783 bits per heavy atom. The van der Waals surface area contributed by atoms with Crippen molar-refractivity contribution in [3.63, 3.8) is 0 Å². The third kappa shape index (κ3) is 9.38. The molecule has 0 saturated carbocycles. The van der Waals surface area contributed by atoms with Crippen LogP contribution in [0.1, 0.15) is 112 Å². The Morgan fingerprint density at radius 1 is 0.500 bits per heavy atom. The Hall–Kier alpha value is -4.46. The SMILES string of the molecule is C=C(C)c1cc(OC)cc2c1op(O[C@@H](C)C[C@H](C)Op1oc3c(C(C)(C)C)cc(OC)cc3c3cc(OC)cc(C(C)(C)C)c3o1)oc1c(C(C)(C)C)cc(OC)cc12. The summed E-state index contributed by atoms with van der Waals surface area (Å²) < 4.78 is 64.0. The number of rotatable bonds is 11. The first-order valence-electron chi connectivity index (χ1n) is 20.3. The maximum atomic E-state index is 6.86. The lowest BCUT2D eigenvalue weighted by Crippen LogP contribution is -2.21. The highest BCUT2D eigenvalue weighted by Crippen LogP contribution is 2.47. The quantitative estimate of drug-likeness (QED) is 0.125. The van der Waals surface area contributed by atoms with Crippen LogP contribution >= 0.6 is 16.5 Å². The average Bonchev–Trinajstić information content (AvgIpc) is 3.41. The van der Waals surface area contributed by atoms with Gasteiger partial charge in [0.25, 0.3) is 0 Å². The van der Waals surface area contributed by atoms with E-state index in [0.717, 1.165) is 60.9 Å². The van der Waals surface area contributed by atoms with Crippen molar-refractivity contribution >= 4 is 65.9 Å². The lowest BCUT2D eigenvalue weighted by molar-refractivity contribution is 0.184. The monoisotopic (exact) mass is 860 g/mol. The van der Waals surface area contributed by atoms with Crippen LogP contribution in [-0.4, -0.2) is 40.6 Å². The number of methoxy groups -OCH3 is 4. The molecule has 0 N–H and O–H groups in total. The molecule has 3 atom stereocenters. The molecule has 10 nitrogen and oxygen atoms in total. The van der Waals surface area contributed by atoms with E-state index in [2.05, 4.69) is 68.9 Å². The molecule has 6 aromatic rings. The van der Waals surface area contributed by atoms with E-state index in [1.54, 1.807) is 28.4 Å². The van der Waals surface area contributed by atoms with Crippen LogP contribution in [-0.2, 0) is 16.2 Å². The Kier molecular flexibility index (Phi) is 12.9. The van der Waals surface area contributed by atoms with Gasteiger partial charge in [-0.1, -0.05) is 68.9 Å². The topological polar surface area (TPSA) is 108 Å². The molecule has 0 aliphatic rings. The standard InChI is InChI=1S/C48H62O10P2/c1-27(2)34-19-30(49-14)20-35-36-21-31(50-15)24-39(46(5,6)7)43(36)56-59(55-42(34)35)53-28(3)18-29(4)54-60-57-44-37(22-32(51-16)25-40(44)47(8,9)10)38-23-33(52-17)26-41(45(38)58-60)48(11,12)13/h19-26,28-29H,1,18H2,2-17H3/t28-,29-,59?/m0/s1. The largest absolute Gasteiger partial charge is 0.497 e. The first-order chi connectivity index (χ1) is 28.1. The predicted octanol–water partition coefficient (Wildman–Crippen LogP) is 14.6. The zero-order chi connectivity index (χ0) is 44.1. The molecular weight excluding hydrogens is 798 g/mol. The molecule has 2 aromatic heterocycles. The average molecular weight is 861 g/mol. The molecule has 0 aliphatic heterocycles. The van der Waals surface area contributed by atoms with E-state index in [4.69, 9.17) is 44.8 Å². The molecule has 0 aliphatic carbocycles. The fourth-order valence-electron chi connectivity index (χ4n) is 7.33.